The summed E-state index contributed by atoms with van der Waals surface area (Å²) < 4.78 is 32.5. The minimum atomic E-state index is -3.56. The molecule has 0 saturated carbocycles. The van der Waals surface area contributed by atoms with Crippen molar-refractivity contribution in [2.75, 3.05) is 11.9 Å². The highest BCUT2D eigenvalue weighted by atomic mass is 32.2. The quantitative estimate of drug-likeness (QED) is 0.760. The largest absolute Gasteiger partial charge is 0.483 e. The van der Waals surface area contributed by atoms with Crippen molar-refractivity contribution in [2.24, 2.45) is 0 Å². The number of hydrogen-bond acceptors (Lipinski definition) is 4. The van der Waals surface area contributed by atoms with Crippen LogP contribution < -0.4 is 14.8 Å². The maximum absolute atomic E-state index is 12.2. The molecule has 0 aromatic heterocycles. The Bertz CT molecular complexity index is 917. The average Bonchev–Trinajstić information content (AvgIpc) is 2.51. The highest BCUT2D eigenvalue weighted by Crippen LogP contribution is 2.22. The van der Waals surface area contributed by atoms with E-state index in [1.54, 1.807) is 26.8 Å². The molecule has 0 atom stereocenters. The maximum atomic E-state index is 12.2. The Morgan fingerprint density at radius 3 is 2.22 bits per heavy atom. The molecule has 0 heterocycles. The Labute approximate surface area is 161 Å². The molecular weight excluding hydrogens is 364 g/mol. The van der Waals surface area contributed by atoms with Crippen LogP contribution in [0.1, 0.15) is 30.5 Å². The third-order valence-electron chi connectivity index (χ3n) is 3.71. The van der Waals surface area contributed by atoms with E-state index in [0.717, 1.165) is 16.8 Å². The first kappa shape index (κ1) is 20.9. The highest BCUT2D eigenvalue weighted by Gasteiger charge is 2.17. The van der Waals surface area contributed by atoms with E-state index in [1.165, 1.54) is 12.1 Å². The van der Waals surface area contributed by atoms with Crippen molar-refractivity contribution in [3.8, 4) is 5.75 Å². The van der Waals surface area contributed by atoms with Gasteiger partial charge in [-0.15, -0.1) is 0 Å². The molecule has 0 aliphatic carbocycles. The Morgan fingerprint density at radius 2 is 1.67 bits per heavy atom. The van der Waals surface area contributed by atoms with Crippen molar-refractivity contribution in [2.45, 2.75) is 45.6 Å². The lowest BCUT2D eigenvalue weighted by Gasteiger charge is -2.13. The first-order chi connectivity index (χ1) is 12.6. The van der Waals surface area contributed by atoms with E-state index in [-0.39, 0.29) is 23.5 Å². The van der Waals surface area contributed by atoms with E-state index in [0.29, 0.717) is 11.3 Å². The van der Waals surface area contributed by atoms with Crippen LogP contribution in [0.15, 0.2) is 41.3 Å². The minimum absolute atomic E-state index is 0.163. The molecule has 0 unspecified atom stereocenters. The molecular formula is C20H26N2O4S. The zero-order valence-corrected chi connectivity index (χ0v) is 17.1. The zero-order valence-electron chi connectivity index (χ0n) is 16.3. The van der Waals surface area contributed by atoms with Gasteiger partial charge in [0.15, 0.2) is 6.61 Å². The Kier molecular flexibility index (Phi) is 6.62. The van der Waals surface area contributed by atoms with Gasteiger partial charge in [0.05, 0.1) is 4.90 Å². The van der Waals surface area contributed by atoms with Gasteiger partial charge in [-0.3, -0.25) is 4.79 Å². The molecule has 7 heteroatoms. The highest BCUT2D eigenvalue weighted by molar-refractivity contribution is 7.89. The van der Waals surface area contributed by atoms with Crippen LogP contribution in [0.25, 0.3) is 0 Å². The van der Waals surface area contributed by atoms with Gasteiger partial charge in [-0.25, -0.2) is 13.1 Å². The first-order valence-corrected chi connectivity index (χ1v) is 10.2. The molecule has 27 heavy (non-hydrogen) atoms. The van der Waals surface area contributed by atoms with Gasteiger partial charge in [-0.1, -0.05) is 6.07 Å². The second-order valence-corrected chi connectivity index (χ2v) is 8.63. The zero-order chi connectivity index (χ0) is 20.2. The van der Waals surface area contributed by atoms with Gasteiger partial charge in [0.2, 0.25) is 10.0 Å². The van der Waals surface area contributed by atoms with Crippen LogP contribution in [0, 0.1) is 20.8 Å². The van der Waals surface area contributed by atoms with Crippen LogP contribution in [0.3, 0.4) is 0 Å². The summed E-state index contributed by atoms with van der Waals surface area (Å²) in [5.74, 6) is 0.187. The van der Waals surface area contributed by atoms with Crippen molar-refractivity contribution >= 4 is 21.6 Å². The number of carbonyl (C=O) groups excluding carboxylic acids is 1. The van der Waals surface area contributed by atoms with Gasteiger partial charge in [-0.05, 0) is 81.6 Å². The molecule has 1 amide bonds. The molecule has 0 fully saturated rings. The summed E-state index contributed by atoms with van der Waals surface area (Å²) in [7, 11) is -3.56. The second-order valence-electron chi connectivity index (χ2n) is 6.92. The third-order valence-corrected chi connectivity index (χ3v) is 5.37. The van der Waals surface area contributed by atoms with E-state index in [2.05, 4.69) is 10.0 Å². The van der Waals surface area contributed by atoms with Crippen LogP contribution >= 0.6 is 0 Å². The predicted molar refractivity (Wildman–Crippen MR) is 107 cm³/mol. The Hall–Kier alpha value is -2.38. The summed E-state index contributed by atoms with van der Waals surface area (Å²) in [5, 5.41) is 2.80. The molecule has 6 nitrogen and oxygen atoms in total. The van der Waals surface area contributed by atoms with Crippen molar-refractivity contribution in [1.29, 1.82) is 0 Å². The smallest absolute Gasteiger partial charge is 0.262 e. The molecule has 2 aromatic rings. The number of ether oxygens (including phenoxy) is 1. The van der Waals surface area contributed by atoms with Crippen LogP contribution in [0.4, 0.5) is 5.69 Å². The lowest BCUT2D eigenvalue weighted by atomic mass is 10.1. The molecule has 0 saturated heterocycles. The summed E-state index contributed by atoms with van der Waals surface area (Å²) >= 11 is 0. The van der Waals surface area contributed by atoms with Gasteiger partial charge >= 0.3 is 0 Å². The van der Waals surface area contributed by atoms with E-state index in [9.17, 15) is 13.2 Å². The summed E-state index contributed by atoms with van der Waals surface area (Å²) in [6, 6.07) is 10.2. The lowest BCUT2D eigenvalue weighted by Crippen LogP contribution is -2.30. The number of hydrogen-bond donors (Lipinski definition) is 2. The van der Waals surface area contributed by atoms with Crippen molar-refractivity contribution in [3.05, 3.63) is 53.1 Å². The fourth-order valence-corrected chi connectivity index (χ4v) is 4.05. The number of nitrogens with one attached hydrogen (secondary N) is 2. The molecule has 2 aromatic carbocycles. The van der Waals surface area contributed by atoms with E-state index in [1.807, 2.05) is 32.0 Å². The van der Waals surface area contributed by atoms with Gasteiger partial charge in [0.25, 0.3) is 5.91 Å². The molecule has 146 valence electrons. The van der Waals surface area contributed by atoms with E-state index < -0.39 is 10.0 Å². The maximum Gasteiger partial charge on any atom is 0.262 e. The summed E-state index contributed by atoms with van der Waals surface area (Å²) in [5.41, 5.74) is 3.49. The fraction of sp³-hybridized carbons (Fsp3) is 0.350. The van der Waals surface area contributed by atoms with Crippen molar-refractivity contribution < 1.29 is 17.9 Å². The summed E-state index contributed by atoms with van der Waals surface area (Å²) in [6.45, 7) is 9.03. The number of anilines is 1. The number of carbonyl (C=O) groups is 1. The number of amides is 1. The van der Waals surface area contributed by atoms with Crippen LogP contribution in [0.2, 0.25) is 0 Å². The topological polar surface area (TPSA) is 84.5 Å². The minimum Gasteiger partial charge on any atom is -0.483 e. The molecule has 0 bridgehead atoms. The van der Waals surface area contributed by atoms with Gasteiger partial charge < -0.3 is 10.1 Å². The fourth-order valence-electron chi connectivity index (χ4n) is 2.72. The molecule has 0 radical (unpaired) electrons. The molecule has 2 rings (SSSR count). The van der Waals surface area contributed by atoms with Crippen LogP contribution in [-0.2, 0) is 14.8 Å². The number of sulfonamides is 1. The van der Waals surface area contributed by atoms with Gasteiger partial charge in [-0.2, -0.15) is 0 Å². The van der Waals surface area contributed by atoms with E-state index in [4.69, 9.17) is 4.74 Å². The Balaban J connectivity index is 2.02. The van der Waals surface area contributed by atoms with E-state index >= 15 is 0 Å². The number of benzene rings is 2. The lowest BCUT2D eigenvalue weighted by molar-refractivity contribution is -0.118. The summed E-state index contributed by atoms with van der Waals surface area (Å²) in [6.07, 6.45) is 0. The first-order valence-electron chi connectivity index (χ1n) is 8.71. The molecule has 0 aliphatic heterocycles. The van der Waals surface area contributed by atoms with Crippen LogP contribution in [0.5, 0.6) is 5.75 Å². The van der Waals surface area contributed by atoms with Gasteiger partial charge in [0, 0.05) is 11.7 Å². The number of aryl methyl sites for hydroxylation is 3. The predicted octanol–water partition coefficient (Wildman–Crippen LogP) is 3.32. The Morgan fingerprint density at radius 1 is 1.04 bits per heavy atom. The molecule has 2 N–H and O–H groups in total. The van der Waals surface area contributed by atoms with Gasteiger partial charge in [0.1, 0.15) is 5.75 Å². The SMILES string of the molecule is Cc1cc(C)cc(NC(=O)COc2ccc(S(=O)(=O)NC(C)C)cc2C)c1. The van der Waals surface area contributed by atoms with Crippen LogP contribution in [-0.4, -0.2) is 27.0 Å². The monoisotopic (exact) mass is 390 g/mol. The second kappa shape index (κ2) is 8.54. The third kappa shape index (κ3) is 6.08. The number of rotatable bonds is 7. The van der Waals surface area contributed by atoms with Crippen molar-refractivity contribution in [3.63, 3.8) is 0 Å². The van der Waals surface area contributed by atoms with Crippen molar-refractivity contribution in [1.82, 2.24) is 4.72 Å². The normalized spacial score (nSPS) is 11.5. The molecule has 0 aliphatic rings. The average molecular weight is 391 g/mol. The summed E-state index contributed by atoms with van der Waals surface area (Å²) in [4.78, 5) is 12.3. The standard InChI is InChI=1S/C20H26N2O4S/c1-13(2)22-27(24,25)18-6-7-19(16(5)11-18)26-12-20(23)21-17-9-14(3)8-15(4)10-17/h6-11,13,22H,12H2,1-5H3,(H,21,23). The molecule has 0 spiro atoms.